The predicted octanol–water partition coefficient (Wildman–Crippen LogP) is 5.97. The molecule has 0 aliphatic carbocycles. The average molecular weight is 517 g/mol. The lowest BCUT2D eigenvalue weighted by atomic mass is 10.0. The van der Waals surface area contributed by atoms with Crippen LogP contribution in [0.25, 0.3) is 10.9 Å². The van der Waals surface area contributed by atoms with Gasteiger partial charge in [0.1, 0.15) is 6.61 Å². The minimum Gasteiger partial charge on any atom is -0.475 e. The highest BCUT2D eigenvalue weighted by Crippen LogP contribution is 2.33. The summed E-state index contributed by atoms with van der Waals surface area (Å²) < 4.78 is 35.1. The van der Waals surface area contributed by atoms with Gasteiger partial charge in [-0.05, 0) is 54.3 Å². The molecular formula is C30H30F2N4O2. The number of pyridine rings is 1. The second-order valence-electron chi connectivity index (χ2n) is 9.79. The fourth-order valence-corrected chi connectivity index (χ4v) is 4.87. The molecule has 196 valence electrons. The number of carbonyl (C=O) groups is 1. The number of rotatable bonds is 8. The lowest BCUT2D eigenvalue weighted by Gasteiger charge is -2.15. The first kappa shape index (κ1) is 25.6. The van der Waals surface area contributed by atoms with Crippen LogP contribution in [0.3, 0.4) is 0 Å². The predicted molar refractivity (Wildman–Crippen MR) is 143 cm³/mol. The summed E-state index contributed by atoms with van der Waals surface area (Å²) in [6, 6.07) is 15.4. The van der Waals surface area contributed by atoms with E-state index in [1.54, 1.807) is 6.20 Å². The number of hydrogen-bond acceptors (Lipinski definition) is 4. The first-order valence-electron chi connectivity index (χ1n) is 12.8. The van der Waals surface area contributed by atoms with Crippen molar-refractivity contribution in [2.45, 2.75) is 52.2 Å². The van der Waals surface area contributed by atoms with Crippen LogP contribution < -0.4 is 5.32 Å². The molecule has 6 nitrogen and oxygen atoms in total. The van der Waals surface area contributed by atoms with E-state index in [9.17, 15) is 13.6 Å². The fourth-order valence-electron chi connectivity index (χ4n) is 4.87. The number of carbonyl (C=O) groups excluding carboxylic acids is 1. The Morgan fingerprint density at radius 2 is 1.97 bits per heavy atom. The van der Waals surface area contributed by atoms with Crippen molar-refractivity contribution in [1.29, 1.82) is 0 Å². The zero-order valence-corrected chi connectivity index (χ0v) is 21.7. The highest BCUT2D eigenvalue weighted by atomic mass is 19.2. The second kappa shape index (κ2) is 10.7. The molecule has 0 saturated carbocycles. The molecule has 1 atom stereocenters. The molecule has 1 N–H and O–H groups in total. The van der Waals surface area contributed by atoms with Gasteiger partial charge in [-0.25, -0.2) is 13.8 Å². The monoisotopic (exact) mass is 516 g/mol. The average Bonchev–Trinajstić information content (AvgIpc) is 3.53. The SMILES string of the molecule is CC[C@H]1COC(c2ccc3c(C(=O)NCc4ccc(F)c(F)c4)c(C(C)C)n(Cc4ccccn4)c3c2)=N1. The molecule has 8 heteroatoms. The summed E-state index contributed by atoms with van der Waals surface area (Å²) >= 11 is 0. The molecule has 1 aliphatic heterocycles. The van der Waals surface area contributed by atoms with Crippen molar-refractivity contribution in [3.8, 4) is 0 Å². The number of hydrogen-bond donors (Lipinski definition) is 1. The standard InChI is InChI=1S/C30H30F2N4O2/c1-4-21-17-38-30(35-21)20-9-10-23-26(14-20)36(16-22-7-5-6-12-33-22)28(18(2)3)27(23)29(37)34-15-19-8-11-24(31)25(32)13-19/h5-14,18,21H,4,15-17H2,1-3H3,(H,34,37)/t21-/m0/s1. The summed E-state index contributed by atoms with van der Waals surface area (Å²) in [6.45, 7) is 7.30. The largest absolute Gasteiger partial charge is 0.475 e. The maximum atomic E-state index is 13.7. The van der Waals surface area contributed by atoms with Crippen LogP contribution in [0, 0.1) is 11.6 Å². The second-order valence-corrected chi connectivity index (χ2v) is 9.79. The van der Waals surface area contributed by atoms with Crippen LogP contribution in [0.4, 0.5) is 8.78 Å². The maximum Gasteiger partial charge on any atom is 0.254 e. The number of benzene rings is 2. The quantitative estimate of drug-likeness (QED) is 0.314. The lowest BCUT2D eigenvalue weighted by molar-refractivity contribution is 0.0951. The van der Waals surface area contributed by atoms with Gasteiger partial charge in [-0.15, -0.1) is 0 Å². The molecule has 4 aromatic rings. The van der Waals surface area contributed by atoms with E-state index < -0.39 is 11.6 Å². The summed E-state index contributed by atoms with van der Waals surface area (Å²) in [5.41, 5.74) is 4.50. The van der Waals surface area contributed by atoms with Gasteiger partial charge in [-0.3, -0.25) is 9.78 Å². The summed E-state index contributed by atoms with van der Waals surface area (Å²) in [7, 11) is 0. The Hall–Kier alpha value is -4.07. The molecule has 2 aromatic carbocycles. The van der Waals surface area contributed by atoms with E-state index in [4.69, 9.17) is 9.73 Å². The third-order valence-corrected chi connectivity index (χ3v) is 6.79. The first-order chi connectivity index (χ1) is 18.4. The molecule has 0 radical (unpaired) electrons. The summed E-state index contributed by atoms with van der Waals surface area (Å²) in [5.74, 6) is -1.52. The third-order valence-electron chi connectivity index (χ3n) is 6.79. The van der Waals surface area contributed by atoms with Gasteiger partial charge in [0.25, 0.3) is 5.91 Å². The number of nitrogens with one attached hydrogen (secondary N) is 1. The van der Waals surface area contributed by atoms with Crippen LogP contribution in [-0.4, -0.2) is 34.0 Å². The van der Waals surface area contributed by atoms with Crippen LogP contribution in [0.15, 0.2) is 65.8 Å². The smallest absolute Gasteiger partial charge is 0.254 e. The van der Waals surface area contributed by atoms with E-state index >= 15 is 0 Å². The van der Waals surface area contributed by atoms with Gasteiger partial charge < -0.3 is 14.6 Å². The van der Waals surface area contributed by atoms with Crippen molar-refractivity contribution in [2.75, 3.05) is 6.61 Å². The summed E-state index contributed by atoms with van der Waals surface area (Å²) in [4.78, 5) is 22.9. The highest BCUT2D eigenvalue weighted by Gasteiger charge is 2.26. The number of aliphatic imine (C=N–C) groups is 1. The fraction of sp³-hybridized carbons (Fsp3) is 0.300. The molecule has 0 unspecified atom stereocenters. The molecule has 1 amide bonds. The Labute approximate surface area is 220 Å². The van der Waals surface area contributed by atoms with Crippen molar-refractivity contribution in [2.24, 2.45) is 4.99 Å². The molecule has 1 aliphatic rings. The molecule has 2 aromatic heterocycles. The van der Waals surface area contributed by atoms with Crippen LogP contribution in [-0.2, 0) is 17.8 Å². The van der Waals surface area contributed by atoms with Crippen LogP contribution >= 0.6 is 0 Å². The Morgan fingerprint density at radius 1 is 1.13 bits per heavy atom. The van der Waals surface area contributed by atoms with Crippen molar-refractivity contribution < 1.29 is 18.3 Å². The molecule has 0 fully saturated rings. The molecule has 0 saturated heterocycles. The molecule has 0 bridgehead atoms. The molecular weight excluding hydrogens is 486 g/mol. The van der Waals surface area contributed by atoms with Crippen molar-refractivity contribution in [3.63, 3.8) is 0 Å². The summed E-state index contributed by atoms with van der Waals surface area (Å²) in [5, 5.41) is 3.70. The topological polar surface area (TPSA) is 68.5 Å². The van der Waals surface area contributed by atoms with Gasteiger partial charge in [0.05, 0.1) is 29.4 Å². The number of fused-ring (bicyclic) bond motifs is 1. The van der Waals surface area contributed by atoms with Crippen molar-refractivity contribution >= 4 is 22.7 Å². The van der Waals surface area contributed by atoms with E-state index in [0.29, 0.717) is 30.2 Å². The van der Waals surface area contributed by atoms with E-state index in [1.165, 1.54) is 6.07 Å². The van der Waals surface area contributed by atoms with Gasteiger partial charge >= 0.3 is 0 Å². The molecule has 38 heavy (non-hydrogen) atoms. The van der Waals surface area contributed by atoms with E-state index in [0.717, 1.165) is 46.4 Å². The number of ether oxygens (including phenoxy) is 1. The third kappa shape index (κ3) is 5.03. The number of amides is 1. The number of nitrogens with zero attached hydrogens (tertiary/aromatic N) is 3. The highest BCUT2D eigenvalue weighted by molar-refractivity contribution is 6.10. The first-order valence-corrected chi connectivity index (χ1v) is 12.8. The van der Waals surface area contributed by atoms with Crippen LogP contribution in [0.5, 0.6) is 0 Å². The number of aromatic nitrogens is 2. The van der Waals surface area contributed by atoms with Crippen LogP contribution in [0.1, 0.15) is 66.0 Å². The van der Waals surface area contributed by atoms with Crippen molar-refractivity contribution in [1.82, 2.24) is 14.9 Å². The zero-order valence-electron chi connectivity index (χ0n) is 21.7. The number of halogens is 2. The minimum absolute atomic E-state index is 0.0168. The summed E-state index contributed by atoms with van der Waals surface area (Å²) in [6.07, 6.45) is 2.66. The van der Waals surface area contributed by atoms with Gasteiger partial charge in [0, 0.05) is 29.4 Å². The Balaban J connectivity index is 1.59. The molecule has 3 heterocycles. The Bertz CT molecular complexity index is 1510. The van der Waals surface area contributed by atoms with Gasteiger partial charge in [-0.1, -0.05) is 39.0 Å². The van der Waals surface area contributed by atoms with Crippen LogP contribution in [0.2, 0.25) is 0 Å². The molecule has 0 spiro atoms. The molecule has 5 rings (SSSR count). The lowest BCUT2D eigenvalue weighted by Crippen LogP contribution is -2.24. The van der Waals surface area contributed by atoms with Gasteiger partial charge in [0.15, 0.2) is 11.6 Å². The van der Waals surface area contributed by atoms with Gasteiger partial charge in [-0.2, -0.15) is 0 Å². The van der Waals surface area contributed by atoms with E-state index in [1.807, 2.05) is 50.2 Å². The maximum absolute atomic E-state index is 13.7. The zero-order chi connectivity index (χ0) is 26.8. The van der Waals surface area contributed by atoms with Gasteiger partial charge in [0.2, 0.25) is 5.90 Å². The Morgan fingerprint density at radius 3 is 2.66 bits per heavy atom. The minimum atomic E-state index is -0.943. The van der Waals surface area contributed by atoms with Crippen molar-refractivity contribution in [3.05, 3.63) is 101 Å². The van der Waals surface area contributed by atoms with E-state index in [2.05, 4.69) is 21.8 Å². The Kier molecular flexibility index (Phi) is 7.22. The van der Waals surface area contributed by atoms with E-state index in [-0.39, 0.29) is 24.4 Å². The normalized spacial score (nSPS) is 15.1.